The normalized spacial score (nSPS) is 10.8. The smallest absolute Gasteiger partial charge is 0.335 e. The van der Waals surface area contributed by atoms with E-state index in [9.17, 15) is 4.79 Å². The second-order valence-electron chi connectivity index (χ2n) is 7.19. The maximum Gasteiger partial charge on any atom is 0.335 e. The number of unbranched alkanes of at least 4 members (excludes halogenated alkanes) is 5. The Hall–Kier alpha value is -2.37. The largest absolute Gasteiger partial charge is 0.494 e. The van der Waals surface area contributed by atoms with E-state index in [1.807, 2.05) is 43.3 Å². The van der Waals surface area contributed by atoms with Crippen molar-refractivity contribution in [3.8, 4) is 16.9 Å². The monoisotopic (exact) mass is 414 g/mol. The quantitative estimate of drug-likeness (QED) is 0.350. The highest BCUT2D eigenvalue weighted by atomic mass is 16.5. The highest BCUT2D eigenvalue weighted by Crippen LogP contribution is 2.23. The van der Waals surface area contributed by atoms with Gasteiger partial charge in [0.25, 0.3) is 0 Å². The van der Waals surface area contributed by atoms with Gasteiger partial charge in [-0.3, -0.25) is 0 Å². The van der Waals surface area contributed by atoms with Crippen LogP contribution in [0.4, 0.5) is 0 Å². The molecule has 0 unspecified atom stereocenters. The van der Waals surface area contributed by atoms with Crippen molar-refractivity contribution in [2.24, 2.45) is 0 Å². The molecule has 0 saturated heterocycles. The molecule has 0 aliphatic rings. The van der Waals surface area contributed by atoms with Gasteiger partial charge in [-0.15, -0.1) is 0 Å². The van der Waals surface area contributed by atoms with Gasteiger partial charge in [0.2, 0.25) is 0 Å². The van der Waals surface area contributed by atoms with Crippen molar-refractivity contribution < 1.29 is 24.1 Å². The number of hydrogen-bond donors (Lipinski definition) is 1. The van der Waals surface area contributed by atoms with Crippen LogP contribution >= 0.6 is 0 Å². The summed E-state index contributed by atoms with van der Waals surface area (Å²) in [6, 6.07) is 14.8. The van der Waals surface area contributed by atoms with Crippen molar-refractivity contribution in [1.29, 1.82) is 0 Å². The fraction of sp³-hybridized carbons (Fsp3) is 0.480. The van der Waals surface area contributed by atoms with Crippen molar-refractivity contribution in [3.63, 3.8) is 0 Å². The third-order valence-corrected chi connectivity index (χ3v) is 4.85. The Morgan fingerprint density at radius 3 is 1.83 bits per heavy atom. The number of carbonyl (C=O) groups is 1. The van der Waals surface area contributed by atoms with Crippen molar-refractivity contribution in [1.82, 2.24) is 0 Å². The molecule has 1 N–H and O–H groups in total. The van der Waals surface area contributed by atoms with E-state index in [2.05, 4.69) is 0 Å². The molecule has 0 aliphatic heterocycles. The van der Waals surface area contributed by atoms with Gasteiger partial charge >= 0.3 is 5.97 Å². The first-order chi connectivity index (χ1) is 14.7. The lowest BCUT2D eigenvalue weighted by atomic mass is 10.0. The third kappa shape index (κ3) is 9.42. The summed E-state index contributed by atoms with van der Waals surface area (Å²) in [5.41, 5.74) is 2.33. The average Bonchev–Trinajstić information content (AvgIpc) is 2.77. The first-order valence-corrected chi connectivity index (χ1v) is 10.9. The molecule has 0 fully saturated rings. The van der Waals surface area contributed by atoms with Crippen LogP contribution in [-0.2, 0) is 9.47 Å². The van der Waals surface area contributed by atoms with Gasteiger partial charge in [0.05, 0.1) is 25.4 Å². The second kappa shape index (κ2) is 14.6. The summed E-state index contributed by atoms with van der Waals surface area (Å²) in [6.45, 7) is 5.70. The Morgan fingerprint density at radius 1 is 0.700 bits per heavy atom. The minimum Gasteiger partial charge on any atom is -0.494 e. The van der Waals surface area contributed by atoms with Crippen LogP contribution < -0.4 is 4.74 Å². The number of rotatable bonds is 16. The summed E-state index contributed by atoms with van der Waals surface area (Å²) < 4.78 is 16.6. The Labute approximate surface area is 180 Å². The van der Waals surface area contributed by atoms with E-state index in [1.165, 1.54) is 25.7 Å². The summed E-state index contributed by atoms with van der Waals surface area (Å²) >= 11 is 0. The van der Waals surface area contributed by atoms with Gasteiger partial charge in [-0.1, -0.05) is 49.9 Å². The number of ether oxygens (including phenoxy) is 3. The highest BCUT2D eigenvalue weighted by Gasteiger charge is 2.03. The Balaban J connectivity index is 1.52. The molecule has 0 amide bonds. The molecule has 0 bridgehead atoms. The van der Waals surface area contributed by atoms with Crippen molar-refractivity contribution in [3.05, 3.63) is 54.1 Å². The molecule has 2 aromatic carbocycles. The maximum atomic E-state index is 10.9. The first kappa shape index (κ1) is 23.9. The van der Waals surface area contributed by atoms with Crippen LogP contribution in [0.5, 0.6) is 5.75 Å². The van der Waals surface area contributed by atoms with Gasteiger partial charge in [-0.2, -0.15) is 0 Å². The summed E-state index contributed by atoms with van der Waals surface area (Å²) in [4.78, 5) is 10.9. The van der Waals surface area contributed by atoms with Crippen molar-refractivity contribution in [2.75, 3.05) is 33.0 Å². The minimum absolute atomic E-state index is 0.296. The molecule has 2 aromatic rings. The Bertz CT molecular complexity index is 709. The third-order valence-electron chi connectivity index (χ3n) is 4.85. The molecule has 0 heterocycles. The fourth-order valence-corrected chi connectivity index (χ4v) is 3.12. The van der Waals surface area contributed by atoms with E-state index in [0.717, 1.165) is 49.5 Å². The van der Waals surface area contributed by atoms with E-state index in [-0.39, 0.29) is 0 Å². The molecular weight excluding hydrogens is 380 g/mol. The number of carboxylic acid groups (broad SMARTS) is 1. The van der Waals surface area contributed by atoms with Crippen LogP contribution in [0.1, 0.15) is 55.8 Å². The van der Waals surface area contributed by atoms with E-state index < -0.39 is 5.97 Å². The van der Waals surface area contributed by atoms with Gasteiger partial charge in [0.15, 0.2) is 0 Å². The zero-order valence-corrected chi connectivity index (χ0v) is 18.0. The number of carboxylic acids is 1. The Morgan fingerprint density at radius 2 is 1.23 bits per heavy atom. The fourth-order valence-electron chi connectivity index (χ4n) is 3.12. The predicted molar refractivity (Wildman–Crippen MR) is 119 cm³/mol. The summed E-state index contributed by atoms with van der Waals surface area (Å²) in [5.74, 6) is -0.0437. The van der Waals surface area contributed by atoms with Crippen LogP contribution in [0, 0.1) is 0 Å². The molecule has 5 heteroatoms. The number of aromatic carboxylic acids is 1. The van der Waals surface area contributed by atoms with Crippen molar-refractivity contribution >= 4 is 5.97 Å². The Kier molecular flexibility index (Phi) is 11.6. The standard InChI is InChI=1S/C25H34O5/c1-2-28-19-20-29-17-7-5-3-4-6-8-18-30-24-15-13-22(14-16-24)21-9-11-23(12-10-21)25(26)27/h9-16H,2-8,17-20H2,1H3,(H,26,27). The molecule has 0 radical (unpaired) electrons. The number of hydrogen-bond acceptors (Lipinski definition) is 4. The number of benzene rings is 2. The summed E-state index contributed by atoms with van der Waals surface area (Å²) in [5, 5.41) is 8.98. The van der Waals surface area contributed by atoms with Gasteiger partial charge in [0.1, 0.15) is 5.75 Å². The van der Waals surface area contributed by atoms with E-state index in [4.69, 9.17) is 19.3 Å². The van der Waals surface area contributed by atoms with Gasteiger partial charge in [-0.25, -0.2) is 4.79 Å². The van der Waals surface area contributed by atoms with Gasteiger partial charge in [-0.05, 0) is 55.2 Å². The molecule has 164 valence electrons. The average molecular weight is 415 g/mol. The van der Waals surface area contributed by atoms with Gasteiger partial charge < -0.3 is 19.3 Å². The van der Waals surface area contributed by atoms with E-state index in [1.54, 1.807) is 12.1 Å². The lowest BCUT2D eigenvalue weighted by Gasteiger charge is -2.08. The summed E-state index contributed by atoms with van der Waals surface area (Å²) in [6.07, 6.45) is 7.04. The summed E-state index contributed by atoms with van der Waals surface area (Å²) in [7, 11) is 0. The van der Waals surface area contributed by atoms with Crippen LogP contribution in [0.15, 0.2) is 48.5 Å². The van der Waals surface area contributed by atoms with E-state index >= 15 is 0 Å². The van der Waals surface area contributed by atoms with Crippen LogP contribution in [0.2, 0.25) is 0 Å². The zero-order chi connectivity index (χ0) is 21.4. The zero-order valence-electron chi connectivity index (χ0n) is 18.0. The minimum atomic E-state index is -0.910. The van der Waals surface area contributed by atoms with Crippen LogP contribution in [0.25, 0.3) is 11.1 Å². The molecule has 2 rings (SSSR count). The topological polar surface area (TPSA) is 65.0 Å². The SMILES string of the molecule is CCOCCOCCCCCCCCOc1ccc(-c2ccc(C(=O)O)cc2)cc1. The van der Waals surface area contributed by atoms with Crippen LogP contribution in [-0.4, -0.2) is 44.1 Å². The molecule has 0 saturated carbocycles. The lowest BCUT2D eigenvalue weighted by Crippen LogP contribution is -2.04. The molecule has 5 nitrogen and oxygen atoms in total. The molecular formula is C25H34O5. The molecule has 30 heavy (non-hydrogen) atoms. The maximum absolute atomic E-state index is 10.9. The molecule has 0 aliphatic carbocycles. The molecule has 0 aromatic heterocycles. The molecule has 0 atom stereocenters. The van der Waals surface area contributed by atoms with Gasteiger partial charge in [0, 0.05) is 13.2 Å². The molecule has 0 spiro atoms. The van der Waals surface area contributed by atoms with E-state index in [0.29, 0.717) is 18.8 Å². The predicted octanol–water partition coefficient (Wildman–Crippen LogP) is 5.82. The first-order valence-electron chi connectivity index (χ1n) is 10.9. The van der Waals surface area contributed by atoms with Crippen LogP contribution in [0.3, 0.4) is 0 Å². The lowest BCUT2D eigenvalue weighted by molar-refractivity contribution is 0.0512. The highest BCUT2D eigenvalue weighted by molar-refractivity contribution is 5.88. The van der Waals surface area contributed by atoms with Crippen molar-refractivity contribution in [2.45, 2.75) is 45.4 Å². The second-order valence-corrected chi connectivity index (χ2v) is 7.19.